The molecular weight excluding hydrogens is 516 g/mol. The van der Waals surface area contributed by atoms with Crippen molar-refractivity contribution < 1.29 is 14.6 Å². The van der Waals surface area contributed by atoms with E-state index < -0.39 is 11.4 Å². The van der Waals surface area contributed by atoms with Gasteiger partial charge in [0, 0.05) is 39.7 Å². The van der Waals surface area contributed by atoms with E-state index in [1.54, 1.807) is 0 Å². The highest BCUT2D eigenvalue weighted by Gasteiger charge is 2.34. The first kappa shape index (κ1) is 35.4. The second kappa shape index (κ2) is 13.2. The minimum Gasteiger partial charge on any atom is -0.507 e. The number of hydrogen-bond donors (Lipinski definition) is 1. The molecule has 0 saturated heterocycles. The Kier molecular flexibility index (Phi) is 11.1. The third kappa shape index (κ3) is 7.39. The van der Waals surface area contributed by atoms with Gasteiger partial charge in [-0.15, -0.1) is 6.58 Å². The van der Waals surface area contributed by atoms with Gasteiger partial charge in [-0.05, 0) is 46.6 Å². The van der Waals surface area contributed by atoms with E-state index in [0.717, 1.165) is 54.4 Å². The Bertz CT molecular complexity index is 1290. The van der Waals surface area contributed by atoms with Gasteiger partial charge in [0.1, 0.15) is 11.5 Å². The molecule has 1 N–H and O–H groups in total. The third-order valence-electron chi connectivity index (χ3n) is 9.69. The van der Waals surface area contributed by atoms with Gasteiger partial charge in [0.25, 0.3) is 0 Å². The molecule has 2 rings (SSSR count). The van der Waals surface area contributed by atoms with E-state index in [0.29, 0.717) is 5.75 Å². The molecular formula is C39H58O3. The van der Waals surface area contributed by atoms with Gasteiger partial charge < -0.3 is 9.84 Å². The zero-order chi connectivity index (χ0) is 32.3. The molecule has 232 valence electrons. The average molecular weight is 575 g/mol. The van der Waals surface area contributed by atoms with Crippen LogP contribution in [0.3, 0.4) is 0 Å². The van der Waals surface area contributed by atoms with Crippen LogP contribution in [0.5, 0.6) is 11.5 Å². The quantitative estimate of drug-likeness (QED) is 0.106. The monoisotopic (exact) mass is 574 g/mol. The summed E-state index contributed by atoms with van der Waals surface area (Å²) in [6, 6.07) is 8.79. The van der Waals surface area contributed by atoms with Gasteiger partial charge in [-0.25, -0.2) is 4.79 Å². The van der Waals surface area contributed by atoms with Gasteiger partial charge in [0.05, 0.1) is 0 Å². The lowest BCUT2D eigenvalue weighted by molar-refractivity contribution is -0.129. The third-order valence-corrected chi connectivity index (χ3v) is 9.69. The smallest absolute Gasteiger partial charge is 0.335 e. The summed E-state index contributed by atoms with van der Waals surface area (Å²) in [6.45, 7) is 34.2. The van der Waals surface area contributed by atoms with Crippen LogP contribution in [0.15, 0.2) is 49.6 Å². The summed E-state index contributed by atoms with van der Waals surface area (Å²) >= 11 is 0. The van der Waals surface area contributed by atoms with Crippen molar-refractivity contribution in [2.75, 3.05) is 0 Å². The normalized spacial score (nSPS) is 13.5. The van der Waals surface area contributed by atoms with Crippen LogP contribution in [0, 0.1) is 0 Å². The number of carbonyl (C=O) groups excluding carboxylic acids is 1. The summed E-state index contributed by atoms with van der Waals surface area (Å²) in [6.07, 6.45) is 8.18. The predicted octanol–water partition coefficient (Wildman–Crippen LogP) is 10.9. The van der Waals surface area contributed by atoms with E-state index in [9.17, 15) is 9.90 Å². The summed E-state index contributed by atoms with van der Waals surface area (Å²) in [5, 5.41) is 11.9. The van der Waals surface area contributed by atoms with E-state index in [-0.39, 0.29) is 27.9 Å². The van der Waals surface area contributed by atoms with Crippen LogP contribution in [0.1, 0.15) is 154 Å². The van der Waals surface area contributed by atoms with Gasteiger partial charge >= 0.3 is 5.97 Å². The lowest BCUT2D eigenvalue weighted by Gasteiger charge is -2.34. The van der Waals surface area contributed by atoms with Crippen LogP contribution in [-0.2, 0) is 26.5 Å². The fraction of sp³-hybridized carbons (Fsp3) is 0.564. The number of phenols is 1. The van der Waals surface area contributed by atoms with E-state index in [1.165, 1.54) is 17.2 Å². The van der Waals surface area contributed by atoms with Crippen LogP contribution in [0.25, 0.3) is 0 Å². The molecule has 1 unspecified atom stereocenters. The van der Waals surface area contributed by atoms with Crippen molar-refractivity contribution in [3.63, 3.8) is 0 Å². The average Bonchev–Trinajstić information content (AvgIpc) is 2.92. The molecule has 0 spiro atoms. The first-order valence-corrected chi connectivity index (χ1v) is 15.9. The van der Waals surface area contributed by atoms with Crippen molar-refractivity contribution in [2.45, 2.75) is 143 Å². The Morgan fingerprint density at radius 2 is 1.29 bits per heavy atom. The molecule has 2 aromatic carbocycles. The Morgan fingerprint density at radius 1 is 0.810 bits per heavy atom. The summed E-state index contributed by atoms with van der Waals surface area (Å²) in [4.78, 5) is 12.8. The molecule has 0 saturated carbocycles. The standard InChI is InChI=1S/C39H58O3/c1-15-20-38(11,12)27-22-29(34(41)31(24-27)36(7,8)18-4)26(6)30-23-28(39(13,14)21-16-2)25-32(37(9,10)19-5)35(30)42-33(40)17-3/h17-18,22-26,41H,3-4,15-16,19-21H2,1-2,5-14H3. The van der Waals surface area contributed by atoms with Gasteiger partial charge in [-0.3, -0.25) is 0 Å². The fourth-order valence-electron chi connectivity index (χ4n) is 6.00. The first-order valence-electron chi connectivity index (χ1n) is 15.9. The van der Waals surface area contributed by atoms with Crippen LogP contribution in [0.4, 0.5) is 0 Å². The van der Waals surface area contributed by atoms with Crippen molar-refractivity contribution in [1.29, 1.82) is 0 Å². The minimum atomic E-state index is -0.479. The molecule has 0 fully saturated rings. The number of esters is 1. The highest BCUT2D eigenvalue weighted by molar-refractivity contribution is 5.84. The van der Waals surface area contributed by atoms with E-state index >= 15 is 0 Å². The number of aromatic hydroxyl groups is 1. The number of phenolic OH excluding ortho intramolecular Hbond substituents is 1. The first-order chi connectivity index (χ1) is 19.3. The summed E-state index contributed by atoms with van der Waals surface area (Å²) in [5.41, 5.74) is 5.19. The molecule has 0 bridgehead atoms. The van der Waals surface area contributed by atoms with Crippen LogP contribution in [-0.4, -0.2) is 11.1 Å². The Balaban J connectivity index is 3.11. The summed E-state index contributed by atoms with van der Waals surface area (Å²) in [7, 11) is 0. The number of hydrogen-bond acceptors (Lipinski definition) is 3. The zero-order valence-electron chi connectivity index (χ0n) is 28.8. The lowest BCUT2D eigenvalue weighted by atomic mass is 9.71. The number of ether oxygens (including phenoxy) is 1. The summed E-state index contributed by atoms with van der Waals surface area (Å²) < 4.78 is 6.12. The number of allylic oxidation sites excluding steroid dienone is 1. The Morgan fingerprint density at radius 3 is 1.71 bits per heavy atom. The Labute approximate surface area is 257 Å². The molecule has 0 aliphatic heterocycles. The molecule has 0 aromatic heterocycles. The minimum absolute atomic E-state index is 0.0776. The van der Waals surface area contributed by atoms with Crippen LogP contribution in [0.2, 0.25) is 0 Å². The molecule has 0 heterocycles. The zero-order valence-corrected chi connectivity index (χ0v) is 28.8. The largest absolute Gasteiger partial charge is 0.507 e. The van der Waals surface area contributed by atoms with Gasteiger partial charge in [-0.1, -0.05) is 133 Å². The molecule has 0 amide bonds. The molecule has 0 aliphatic carbocycles. The van der Waals surface area contributed by atoms with Crippen LogP contribution < -0.4 is 4.74 Å². The summed E-state index contributed by atoms with van der Waals surface area (Å²) in [5.74, 6) is 0.127. The molecule has 3 heteroatoms. The van der Waals surface area contributed by atoms with Gasteiger partial charge in [-0.2, -0.15) is 0 Å². The number of rotatable bonds is 14. The van der Waals surface area contributed by atoms with Crippen molar-refractivity contribution in [3.05, 3.63) is 83.0 Å². The molecule has 2 aromatic rings. The highest BCUT2D eigenvalue weighted by Crippen LogP contribution is 2.48. The van der Waals surface area contributed by atoms with E-state index in [4.69, 9.17) is 4.74 Å². The number of benzene rings is 2. The van der Waals surface area contributed by atoms with Crippen molar-refractivity contribution in [1.82, 2.24) is 0 Å². The predicted molar refractivity (Wildman–Crippen MR) is 180 cm³/mol. The van der Waals surface area contributed by atoms with E-state index in [1.807, 2.05) is 6.08 Å². The van der Waals surface area contributed by atoms with Crippen molar-refractivity contribution in [3.8, 4) is 11.5 Å². The van der Waals surface area contributed by atoms with Gasteiger partial charge in [0.15, 0.2) is 0 Å². The lowest BCUT2D eigenvalue weighted by Crippen LogP contribution is -2.24. The SMILES string of the molecule is C=CC(=O)Oc1c(C(C)c2cc(C(C)(C)CCC)cc(C(C)(C)C=C)c2O)cc(C(C)(C)CCC)cc1C(C)(C)CC. The maximum absolute atomic E-state index is 12.8. The second-order valence-corrected chi connectivity index (χ2v) is 14.7. The molecule has 3 nitrogen and oxygen atoms in total. The van der Waals surface area contributed by atoms with Crippen molar-refractivity contribution >= 4 is 5.97 Å². The molecule has 0 aliphatic rings. The fourth-order valence-corrected chi connectivity index (χ4v) is 6.00. The molecule has 42 heavy (non-hydrogen) atoms. The Hall–Kier alpha value is -2.81. The number of carbonyl (C=O) groups is 1. The second-order valence-electron chi connectivity index (χ2n) is 14.7. The van der Waals surface area contributed by atoms with E-state index in [2.05, 4.69) is 121 Å². The maximum Gasteiger partial charge on any atom is 0.335 e. The topological polar surface area (TPSA) is 46.5 Å². The van der Waals surface area contributed by atoms with Crippen molar-refractivity contribution in [2.24, 2.45) is 0 Å². The molecule has 0 radical (unpaired) electrons. The highest BCUT2D eigenvalue weighted by atomic mass is 16.5. The van der Waals surface area contributed by atoms with Crippen LogP contribution >= 0.6 is 0 Å². The maximum atomic E-state index is 12.8. The van der Waals surface area contributed by atoms with Gasteiger partial charge in [0.2, 0.25) is 0 Å². The molecule has 1 atom stereocenters.